The van der Waals surface area contributed by atoms with E-state index in [0.29, 0.717) is 12.8 Å². The number of carboxylic acids is 1. The third-order valence-corrected chi connectivity index (χ3v) is 3.19. The molecule has 0 saturated carbocycles. The molecule has 0 unspecified atom stereocenters. The zero-order chi connectivity index (χ0) is 18.6. The zero-order valence-corrected chi connectivity index (χ0v) is 15.2. The van der Waals surface area contributed by atoms with Gasteiger partial charge in [-0.15, -0.1) is 0 Å². The van der Waals surface area contributed by atoms with E-state index in [-0.39, 0.29) is 6.42 Å². The molecule has 1 atom stereocenters. The normalized spacial score (nSPS) is 14.3. The summed E-state index contributed by atoms with van der Waals surface area (Å²) in [6.07, 6.45) is 28.4. The lowest BCUT2D eigenvalue weighted by Gasteiger charge is -1.98. The standard InChI is InChI=1S/C22H32O3/c1-2-3-15-18-21(23)19-16-13-11-9-7-5-4-6-8-10-12-14-17-20-22(24)25/h3,5-8,11-16,19,21,23H,2,4,9-10,17-18,20H2,1H3,(H,24,25)/p-1/b7-5-,8-6-,13-11-,14-12-,15-3-,19-16+/t21-/m0/s1. The largest absolute Gasteiger partial charge is 0.550 e. The SMILES string of the molecule is CC/C=C\C[C@H](O)/C=C/C=C\C/C=C\C/C=C\C/C=C\CCC(=O)[O-]. The Hall–Kier alpha value is -2.13. The number of carboxylic acid groups (broad SMARTS) is 1. The lowest BCUT2D eigenvalue weighted by atomic mass is 10.2. The number of rotatable bonds is 14. The highest BCUT2D eigenvalue weighted by Gasteiger charge is 1.92. The van der Waals surface area contributed by atoms with Crippen LogP contribution in [0.4, 0.5) is 0 Å². The maximum atomic E-state index is 10.2. The van der Waals surface area contributed by atoms with Gasteiger partial charge in [-0.05, 0) is 44.9 Å². The second kappa shape index (κ2) is 18.2. The van der Waals surface area contributed by atoms with Crippen molar-refractivity contribution in [3.63, 3.8) is 0 Å². The van der Waals surface area contributed by atoms with E-state index in [9.17, 15) is 15.0 Å². The molecule has 0 spiro atoms. The number of aliphatic hydroxyl groups excluding tert-OH is 1. The second-order valence-corrected chi connectivity index (χ2v) is 5.53. The Morgan fingerprint density at radius 1 is 0.880 bits per heavy atom. The van der Waals surface area contributed by atoms with E-state index < -0.39 is 12.1 Å². The van der Waals surface area contributed by atoms with Crippen LogP contribution in [0.2, 0.25) is 0 Å². The first-order chi connectivity index (χ1) is 12.2. The van der Waals surface area contributed by atoms with Gasteiger partial charge in [-0.1, -0.05) is 79.8 Å². The Bertz CT molecular complexity index is 493. The van der Waals surface area contributed by atoms with E-state index in [0.717, 1.165) is 25.7 Å². The maximum Gasteiger partial charge on any atom is 0.0758 e. The number of hydrogen-bond acceptors (Lipinski definition) is 3. The first-order valence-electron chi connectivity index (χ1n) is 8.98. The van der Waals surface area contributed by atoms with E-state index in [2.05, 4.69) is 37.3 Å². The minimum absolute atomic E-state index is 0.0839. The molecule has 0 aromatic rings. The molecule has 3 nitrogen and oxygen atoms in total. The molecule has 0 amide bonds. The van der Waals surface area contributed by atoms with Crippen molar-refractivity contribution in [2.75, 3.05) is 0 Å². The molecule has 0 radical (unpaired) electrons. The Balaban J connectivity index is 3.66. The van der Waals surface area contributed by atoms with Gasteiger partial charge in [-0.3, -0.25) is 0 Å². The summed E-state index contributed by atoms with van der Waals surface area (Å²) in [5, 5.41) is 19.9. The molecule has 0 heterocycles. The molecular weight excluding hydrogens is 312 g/mol. The zero-order valence-electron chi connectivity index (χ0n) is 15.2. The summed E-state index contributed by atoms with van der Waals surface area (Å²) in [5.74, 6) is -1.00. The van der Waals surface area contributed by atoms with Crippen LogP contribution in [0.3, 0.4) is 0 Å². The van der Waals surface area contributed by atoms with Crippen LogP contribution in [0.5, 0.6) is 0 Å². The molecule has 3 heteroatoms. The fraction of sp³-hybridized carbons (Fsp3) is 0.409. The molecule has 0 rings (SSSR count). The summed E-state index contributed by atoms with van der Waals surface area (Å²) in [6, 6.07) is 0. The van der Waals surface area contributed by atoms with Gasteiger partial charge >= 0.3 is 0 Å². The third kappa shape index (κ3) is 19.8. The lowest BCUT2D eigenvalue weighted by molar-refractivity contribution is -0.305. The fourth-order valence-electron chi connectivity index (χ4n) is 1.87. The summed E-state index contributed by atoms with van der Waals surface area (Å²) < 4.78 is 0. The summed E-state index contributed by atoms with van der Waals surface area (Å²) in [6.45, 7) is 2.07. The molecule has 0 aliphatic heterocycles. The molecule has 0 bridgehead atoms. The Morgan fingerprint density at radius 2 is 1.48 bits per heavy atom. The smallest absolute Gasteiger partial charge is 0.0758 e. The topological polar surface area (TPSA) is 60.4 Å². The number of hydrogen-bond donors (Lipinski definition) is 1. The second-order valence-electron chi connectivity index (χ2n) is 5.53. The quantitative estimate of drug-likeness (QED) is 0.380. The van der Waals surface area contributed by atoms with Crippen LogP contribution in [0.25, 0.3) is 0 Å². The first-order valence-corrected chi connectivity index (χ1v) is 8.98. The van der Waals surface area contributed by atoms with Gasteiger partial charge in [-0.25, -0.2) is 0 Å². The highest BCUT2D eigenvalue weighted by Crippen LogP contribution is 1.98. The molecule has 0 aliphatic carbocycles. The molecule has 0 aromatic heterocycles. The average Bonchev–Trinajstić information content (AvgIpc) is 2.58. The van der Waals surface area contributed by atoms with Crippen LogP contribution < -0.4 is 5.11 Å². The van der Waals surface area contributed by atoms with Crippen molar-refractivity contribution in [1.82, 2.24) is 0 Å². The van der Waals surface area contributed by atoms with Crippen LogP contribution >= 0.6 is 0 Å². The van der Waals surface area contributed by atoms with Crippen molar-refractivity contribution in [2.24, 2.45) is 0 Å². The molecule has 0 aliphatic rings. The van der Waals surface area contributed by atoms with Gasteiger partial charge in [0.2, 0.25) is 0 Å². The van der Waals surface area contributed by atoms with Gasteiger partial charge in [0.15, 0.2) is 0 Å². The molecule has 0 saturated heterocycles. The molecule has 25 heavy (non-hydrogen) atoms. The number of carbonyl (C=O) groups is 1. The average molecular weight is 343 g/mol. The predicted octanol–water partition coefficient (Wildman–Crippen LogP) is 4.19. The van der Waals surface area contributed by atoms with Gasteiger partial charge in [-0.2, -0.15) is 0 Å². The van der Waals surface area contributed by atoms with Crippen molar-refractivity contribution in [2.45, 2.75) is 58.0 Å². The summed E-state index contributed by atoms with van der Waals surface area (Å²) in [4.78, 5) is 10.2. The van der Waals surface area contributed by atoms with Gasteiger partial charge in [0.1, 0.15) is 0 Å². The molecule has 1 N–H and O–H groups in total. The van der Waals surface area contributed by atoms with Crippen LogP contribution in [-0.4, -0.2) is 17.2 Å². The number of carbonyl (C=O) groups excluding carboxylic acids is 1. The molecular formula is C22H31O3-. The van der Waals surface area contributed by atoms with Crippen molar-refractivity contribution in [3.05, 3.63) is 72.9 Å². The van der Waals surface area contributed by atoms with Crippen molar-refractivity contribution in [1.29, 1.82) is 0 Å². The summed E-state index contributed by atoms with van der Waals surface area (Å²) in [7, 11) is 0. The van der Waals surface area contributed by atoms with Gasteiger partial charge < -0.3 is 15.0 Å². The van der Waals surface area contributed by atoms with Gasteiger partial charge in [0.05, 0.1) is 6.10 Å². The van der Waals surface area contributed by atoms with E-state index in [1.165, 1.54) is 0 Å². The van der Waals surface area contributed by atoms with Crippen LogP contribution in [0.1, 0.15) is 51.9 Å². The van der Waals surface area contributed by atoms with Crippen LogP contribution in [-0.2, 0) is 4.79 Å². The summed E-state index contributed by atoms with van der Waals surface area (Å²) in [5.41, 5.74) is 0. The number of aliphatic hydroxyl groups is 1. The van der Waals surface area contributed by atoms with Gasteiger partial charge in [0, 0.05) is 5.97 Å². The summed E-state index contributed by atoms with van der Waals surface area (Å²) >= 11 is 0. The van der Waals surface area contributed by atoms with Gasteiger partial charge in [0.25, 0.3) is 0 Å². The van der Waals surface area contributed by atoms with Crippen molar-refractivity contribution >= 4 is 5.97 Å². The minimum Gasteiger partial charge on any atom is -0.550 e. The molecule has 0 fully saturated rings. The molecule has 0 aromatic carbocycles. The molecule has 138 valence electrons. The predicted molar refractivity (Wildman–Crippen MR) is 104 cm³/mol. The highest BCUT2D eigenvalue weighted by atomic mass is 16.4. The monoisotopic (exact) mass is 343 g/mol. The third-order valence-electron chi connectivity index (χ3n) is 3.19. The van der Waals surface area contributed by atoms with E-state index >= 15 is 0 Å². The fourth-order valence-corrected chi connectivity index (χ4v) is 1.87. The highest BCUT2D eigenvalue weighted by molar-refractivity contribution is 5.64. The first kappa shape index (κ1) is 22.9. The Morgan fingerprint density at radius 3 is 2.08 bits per heavy atom. The number of aliphatic carboxylic acids is 1. The Labute approximate surface area is 152 Å². The van der Waals surface area contributed by atoms with Crippen LogP contribution in [0, 0.1) is 0 Å². The number of allylic oxidation sites excluding steroid dienone is 10. The minimum atomic E-state index is -1.00. The lowest BCUT2D eigenvalue weighted by Crippen LogP contribution is -2.21. The van der Waals surface area contributed by atoms with Crippen LogP contribution in [0.15, 0.2) is 72.9 Å². The van der Waals surface area contributed by atoms with Crippen molar-refractivity contribution in [3.8, 4) is 0 Å². The van der Waals surface area contributed by atoms with E-state index in [1.54, 1.807) is 6.08 Å². The Kier molecular flexibility index (Phi) is 16.7. The van der Waals surface area contributed by atoms with Crippen molar-refractivity contribution < 1.29 is 15.0 Å². The van der Waals surface area contributed by atoms with E-state index in [1.807, 2.05) is 36.5 Å². The van der Waals surface area contributed by atoms with E-state index in [4.69, 9.17) is 0 Å². The maximum absolute atomic E-state index is 10.2.